The Hall–Kier alpha value is -3.24. The lowest BCUT2D eigenvalue weighted by molar-refractivity contribution is -0.113. The van der Waals surface area contributed by atoms with Crippen molar-refractivity contribution in [1.82, 2.24) is 19.7 Å². The number of pyridine rings is 1. The normalized spacial score (nSPS) is 10.6. The van der Waals surface area contributed by atoms with Crippen LogP contribution in [0, 0.1) is 0 Å². The van der Waals surface area contributed by atoms with Crippen LogP contribution in [-0.4, -0.2) is 58.2 Å². The number of para-hydroxylation sites is 1. The van der Waals surface area contributed by atoms with Crippen LogP contribution in [0.15, 0.2) is 53.9 Å². The Bertz CT molecular complexity index is 1030. The second-order valence-corrected chi connectivity index (χ2v) is 7.36. The standard InChI is InChI=1S/C21H23N5O4S/c1-29-13-5-12-26-19(15-8-10-22-11-9-15)24-25-21(26)31-14-18(27)23-17-7-4-3-6-16(17)20(28)30-2/h3-4,6-11H,5,12-14H2,1-2H3,(H,23,27). The van der Waals surface area contributed by atoms with Gasteiger partial charge in [-0.2, -0.15) is 0 Å². The lowest BCUT2D eigenvalue weighted by Crippen LogP contribution is -2.17. The molecule has 0 atom stereocenters. The van der Waals surface area contributed by atoms with Gasteiger partial charge in [-0.05, 0) is 30.7 Å². The summed E-state index contributed by atoms with van der Waals surface area (Å²) in [6, 6.07) is 10.4. The zero-order valence-electron chi connectivity index (χ0n) is 17.3. The topological polar surface area (TPSA) is 108 Å². The van der Waals surface area contributed by atoms with Crippen LogP contribution in [0.1, 0.15) is 16.8 Å². The molecule has 10 heteroatoms. The van der Waals surface area contributed by atoms with Gasteiger partial charge in [0.05, 0.1) is 24.1 Å². The van der Waals surface area contributed by atoms with Crippen molar-refractivity contribution >= 4 is 29.3 Å². The fourth-order valence-electron chi connectivity index (χ4n) is 2.88. The SMILES string of the molecule is COCCCn1c(SCC(=O)Nc2ccccc2C(=O)OC)nnc1-c1ccncc1. The predicted molar refractivity (Wildman–Crippen MR) is 117 cm³/mol. The first-order valence-electron chi connectivity index (χ1n) is 9.56. The highest BCUT2D eigenvalue weighted by Crippen LogP contribution is 2.24. The molecule has 0 aliphatic carbocycles. The lowest BCUT2D eigenvalue weighted by Gasteiger charge is -2.11. The molecule has 31 heavy (non-hydrogen) atoms. The number of carbonyl (C=O) groups excluding carboxylic acids is 2. The Balaban J connectivity index is 1.72. The van der Waals surface area contributed by atoms with E-state index >= 15 is 0 Å². The molecule has 162 valence electrons. The molecule has 0 bridgehead atoms. The fraction of sp³-hybridized carbons (Fsp3) is 0.286. The number of ether oxygens (including phenoxy) is 2. The van der Waals surface area contributed by atoms with Crippen molar-refractivity contribution in [3.8, 4) is 11.4 Å². The molecule has 1 aromatic carbocycles. The molecule has 0 saturated heterocycles. The number of benzene rings is 1. The van der Waals surface area contributed by atoms with E-state index in [0.29, 0.717) is 35.4 Å². The molecular weight excluding hydrogens is 418 g/mol. The number of methoxy groups -OCH3 is 2. The Morgan fingerprint density at radius 1 is 1.10 bits per heavy atom. The molecule has 3 rings (SSSR count). The number of amides is 1. The third kappa shape index (κ3) is 5.89. The van der Waals surface area contributed by atoms with E-state index in [4.69, 9.17) is 9.47 Å². The number of aromatic nitrogens is 4. The predicted octanol–water partition coefficient (Wildman–Crippen LogP) is 2.89. The van der Waals surface area contributed by atoms with Crippen LogP contribution in [0.5, 0.6) is 0 Å². The molecule has 0 aliphatic rings. The number of carbonyl (C=O) groups is 2. The van der Waals surface area contributed by atoms with Crippen molar-refractivity contribution in [2.24, 2.45) is 0 Å². The summed E-state index contributed by atoms with van der Waals surface area (Å²) >= 11 is 1.27. The van der Waals surface area contributed by atoms with Crippen LogP contribution in [-0.2, 0) is 20.8 Å². The average Bonchev–Trinajstić information content (AvgIpc) is 3.21. The van der Waals surface area contributed by atoms with E-state index in [0.717, 1.165) is 12.0 Å². The van der Waals surface area contributed by atoms with Crippen molar-refractivity contribution in [2.75, 3.05) is 31.9 Å². The molecule has 0 fully saturated rings. The van der Waals surface area contributed by atoms with Gasteiger partial charge in [-0.1, -0.05) is 23.9 Å². The minimum Gasteiger partial charge on any atom is -0.465 e. The lowest BCUT2D eigenvalue weighted by atomic mass is 10.2. The molecule has 1 amide bonds. The van der Waals surface area contributed by atoms with Crippen LogP contribution in [0.25, 0.3) is 11.4 Å². The van der Waals surface area contributed by atoms with Crippen molar-refractivity contribution < 1.29 is 19.1 Å². The summed E-state index contributed by atoms with van der Waals surface area (Å²) in [6.07, 6.45) is 4.17. The van der Waals surface area contributed by atoms with Crippen LogP contribution >= 0.6 is 11.8 Å². The van der Waals surface area contributed by atoms with Gasteiger partial charge in [-0.15, -0.1) is 10.2 Å². The molecule has 0 spiro atoms. The zero-order chi connectivity index (χ0) is 22.1. The Morgan fingerprint density at radius 2 is 1.87 bits per heavy atom. The first-order valence-corrected chi connectivity index (χ1v) is 10.5. The van der Waals surface area contributed by atoms with Gasteiger partial charge in [0.25, 0.3) is 0 Å². The van der Waals surface area contributed by atoms with E-state index < -0.39 is 5.97 Å². The minimum atomic E-state index is -0.511. The Morgan fingerprint density at radius 3 is 2.61 bits per heavy atom. The van der Waals surface area contributed by atoms with Crippen molar-refractivity contribution in [3.63, 3.8) is 0 Å². The van der Waals surface area contributed by atoms with Gasteiger partial charge >= 0.3 is 5.97 Å². The summed E-state index contributed by atoms with van der Waals surface area (Å²) in [5.74, 6) is 0.0352. The van der Waals surface area contributed by atoms with E-state index in [1.807, 2.05) is 16.7 Å². The van der Waals surface area contributed by atoms with Gasteiger partial charge in [0.15, 0.2) is 11.0 Å². The molecule has 2 aromatic heterocycles. The first kappa shape index (κ1) is 22.4. The Labute approximate surface area is 184 Å². The van der Waals surface area contributed by atoms with E-state index in [-0.39, 0.29) is 11.7 Å². The number of hydrogen-bond donors (Lipinski definition) is 1. The summed E-state index contributed by atoms with van der Waals surface area (Å²) in [4.78, 5) is 28.5. The van der Waals surface area contributed by atoms with E-state index in [9.17, 15) is 9.59 Å². The van der Waals surface area contributed by atoms with Crippen molar-refractivity contribution in [1.29, 1.82) is 0 Å². The molecular formula is C21H23N5O4S. The van der Waals surface area contributed by atoms with Gasteiger partial charge in [0.1, 0.15) is 0 Å². The average molecular weight is 442 g/mol. The number of rotatable bonds is 10. The number of nitrogens with zero attached hydrogens (tertiary/aromatic N) is 4. The first-order chi connectivity index (χ1) is 15.1. The highest BCUT2D eigenvalue weighted by Gasteiger charge is 2.17. The summed E-state index contributed by atoms with van der Waals surface area (Å²) in [7, 11) is 2.95. The molecule has 0 unspecified atom stereocenters. The molecule has 1 N–H and O–H groups in total. The van der Waals surface area contributed by atoms with Crippen molar-refractivity contribution in [2.45, 2.75) is 18.1 Å². The van der Waals surface area contributed by atoms with Gasteiger partial charge < -0.3 is 19.4 Å². The van der Waals surface area contributed by atoms with E-state index in [2.05, 4.69) is 20.5 Å². The summed E-state index contributed by atoms with van der Waals surface area (Å²) < 4.78 is 11.9. The van der Waals surface area contributed by atoms with Crippen LogP contribution in [0.4, 0.5) is 5.69 Å². The third-order valence-electron chi connectivity index (χ3n) is 4.32. The molecule has 9 nitrogen and oxygen atoms in total. The second-order valence-electron chi connectivity index (χ2n) is 6.41. The molecule has 0 aliphatic heterocycles. The fourth-order valence-corrected chi connectivity index (χ4v) is 3.64. The van der Waals surface area contributed by atoms with E-state index in [1.165, 1.54) is 18.9 Å². The second kappa shape index (κ2) is 11.2. The number of esters is 1. The van der Waals surface area contributed by atoms with Crippen LogP contribution in [0.3, 0.4) is 0 Å². The largest absolute Gasteiger partial charge is 0.465 e. The van der Waals surface area contributed by atoms with Gasteiger partial charge in [-0.25, -0.2) is 4.79 Å². The minimum absolute atomic E-state index is 0.105. The number of thioether (sulfide) groups is 1. The summed E-state index contributed by atoms with van der Waals surface area (Å²) in [5.41, 5.74) is 1.59. The Kier molecular flexibility index (Phi) is 8.13. The molecule has 0 saturated carbocycles. The maximum absolute atomic E-state index is 12.5. The molecule has 2 heterocycles. The highest BCUT2D eigenvalue weighted by molar-refractivity contribution is 7.99. The summed E-state index contributed by atoms with van der Waals surface area (Å²) in [6.45, 7) is 1.25. The van der Waals surface area contributed by atoms with Gasteiger partial charge in [0.2, 0.25) is 5.91 Å². The van der Waals surface area contributed by atoms with E-state index in [1.54, 1.807) is 43.8 Å². The smallest absolute Gasteiger partial charge is 0.339 e. The third-order valence-corrected chi connectivity index (χ3v) is 5.29. The van der Waals surface area contributed by atoms with Crippen LogP contribution < -0.4 is 5.32 Å². The number of anilines is 1. The highest BCUT2D eigenvalue weighted by atomic mass is 32.2. The molecule has 3 aromatic rings. The van der Waals surface area contributed by atoms with Crippen molar-refractivity contribution in [3.05, 3.63) is 54.4 Å². The monoisotopic (exact) mass is 441 g/mol. The maximum Gasteiger partial charge on any atom is 0.339 e. The zero-order valence-corrected chi connectivity index (χ0v) is 18.1. The number of nitrogens with one attached hydrogen (secondary N) is 1. The number of hydrogen-bond acceptors (Lipinski definition) is 8. The summed E-state index contributed by atoms with van der Waals surface area (Å²) in [5, 5.41) is 12.0. The van der Waals surface area contributed by atoms with Crippen LogP contribution in [0.2, 0.25) is 0 Å². The maximum atomic E-state index is 12.5. The molecule has 0 radical (unpaired) electrons. The van der Waals surface area contributed by atoms with Gasteiger partial charge in [-0.3, -0.25) is 9.78 Å². The quantitative estimate of drug-likeness (QED) is 0.291. The van der Waals surface area contributed by atoms with Gasteiger partial charge in [0, 0.05) is 38.2 Å².